The van der Waals surface area contributed by atoms with Crippen LogP contribution in [0.1, 0.15) is 25.0 Å². The van der Waals surface area contributed by atoms with Gasteiger partial charge in [-0.3, -0.25) is 4.79 Å². The number of pyridine rings is 1. The van der Waals surface area contributed by atoms with Gasteiger partial charge >= 0.3 is 0 Å². The first kappa shape index (κ1) is 12.1. The van der Waals surface area contributed by atoms with Crippen LogP contribution in [0.2, 0.25) is 0 Å². The number of nitrogens with zero attached hydrogens (tertiary/aromatic N) is 2. The number of carbonyl (C=O) groups excluding carboxylic acids is 1. The second-order valence-corrected chi connectivity index (χ2v) is 5.01. The van der Waals surface area contributed by atoms with Gasteiger partial charge in [-0.25, -0.2) is 9.37 Å². The Morgan fingerprint density at radius 1 is 1.42 bits per heavy atom. The van der Waals surface area contributed by atoms with E-state index in [1.165, 1.54) is 12.3 Å². The minimum atomic E-state index is -0.283. The number of rotatable bonds is 4. The van der Waals surface area contributed by atoms with Gasteiger partial charge in [0.2, 0.25) is 5.91 Å². The van der Waals surface area contributed by atoms with Crippen LogP contribution in [0.3, 0.4) is 0 Å². The lowest BCUT2D eigenvalue weighted by atomic mass is 9.85. The largest absolute Gasteiger partial charge is 0.355 e. The Morgan fingerprint density at radius 3 is 3.00 bits per heavy atom. The Balaban J connectivity index is 1.57. The summed E-state index contributed by atoms with van der Waals surface area (Å²) in [6, 6.07) is 3.04. The summed E-state index contributed by atoms with van der Waals surface area (Å²) >= 11 is 0. The SMILES string of the molecule is O=C(NCCc1cn2cc(F)ccc2n1)C1CCC1. The van der Waals surface area contributed by atoms with Crippen LogP contribution in [0, 0.1) is 11.7 Å². The number of carbonyl (C=O) groups is 1. The van der Waals surface area contributed by atoms with E-state index in [9.17, 15) is 9.18 Å². The molecular weight excluding hydrogens is 245 g/mol. The summed E-state index contributed by atoms with van der Waals surface area (Å²) in [5, 5.41) is 2.93. The molecule has 0 bridgehead atoms. The summed E-state index contributed by atoms with van der Waals surface area (Å²) in [5.74, 6) is 0.0889. The molecule has 2 aromatic heterocycles. The monoisotopic (exact) mass is 261 g/mol. The zero-order valence-corrected chi connectivity index (χ0v) is 10.6. The standard InChI is InChI=1S/C14H16FN3O/c15-11-4-5-13-17-12(9-18(13)8-11)6-7-16-14(19)10-2-1-3-10/h4-5,8-10H,1-3,6-7H2,(H,16,19). The molecule has 0 unspecified atom stereocenters. The van der Waals surface area contributed by atoms with Gasteiger partial charge in [-0.05, 0) is 25.0 Å². The predicted octanol–water partition coefficient (Wildman–Crippen LogP) is 1.93. The average molecular weight is 261 g/mol. The number of halogens is 1. The number of hydrogen-bond acceptors (Lipinski definition) is 2. The maximum atomic E-state index is 13.0. The Labute approximate surface area is 110 Å². The number of imidazole rings is 1. The zero-order chi connectivity index (χ0) is 13.2. The van der Waals surface area contributed by atoms with Gasteiger partial charge in [0.15, 0.2) is 0 Å². The first-order valence-corrected chi connectivity index (χ1v) is 6.63. The van der Waals surface area contributed by atoms with Crippen molar-refractivity contribution in [2.75, 3.05) is 6.54 Å². The molecular formula is C14H16FN3O. The van der Waals surface area contributed by atoms with Gasteiger partial charge in [0, 0.05) is 31.3 Å². The van der Waals surface area contributed by atoms with Crippen LogP contribution in [0.25, 0.3) is 5.65 Å². The van der Waals surface area contributed by atoms with E-state index in [-0.39, 0.29) is 17.6 Å². The van der Waals surface area contributed by atoms with Gasteiger partial charge in [0.1, 0.15) is 11.5 Å². The van der Waals surface area contributed by atoms with Crippen molar-refractivity contribution < 1.29 is 9.18 Å². The lowest BCUT2D eigenvalue weighted by molar-refractivity contribution is -0.127. The topological polar surface area (TPSA) is 46.4 Å². The van der Waals surface area contributed by atoms with Crippen LogP contribution >= 0.6 is 0 Å². The molecule has 0 saturated heterocycles. The second kappa shape index (κ2) is 4.99. The molecule has 0 atom stereocenters. The van der Waals surface area contributed by atoms with E-state index in [0.717, 1.165) is 30.6 Å². The molecule has 3 rings (SSSR count). The fraction of sp³-hybridized carbons (Fsp3) is 0.429. The molecule has 1 amide bonds. The number of amides is 1. The van der Waals surface area contributed by atoms with E-state index in [0.29, 0.717) is 13.0 Å². The Morgan fingerprint density at radius 2 is 2.26 bits per heavy atom. The highest BCUT2D eigenvalue weighted by molar-refractivity contribution is 5.79. The van der Waals surface area contributed by atoms with Gasteiger partial charge in [-0.15, -0.1) is 0 Å². The molecule has 0 aliphatic heterocycles. The third kappa shape index (κ3) is 2.59. The summed E-state index contributed by atoms with van der Waals surface area (Å²) in [6.45, 7) is 0.585. The molecule has 0 spiro atoms. The Hall–Kier alpha value is -1.91. The zero-order valence-electron chi connectivity index (χ0n) is 10.6. The smallest absolute Gasteiger partial charge is 0.223 e. The molecule has 19 heavy (non-hydrogen) atoms. The molecule has 2 heterocycles. The van der Waals surface area contributed by atoms with Crippen LogP contribution in [0.4, 0.5) is 4.39 Å². The lowest BCUT2D eigenvalue weighted by Gasteiger charge is -2.23. The molecule has 100 valence electrons. The molecule has 5 heteroatoms. The van der Waals surface area contributed by atoms with Crippen molar-refractivity contribution in [1.29, 1.82) is 0 Å². The number of nitrogens with one attached hydrogen (secondary N) is 1. The van der Waals surface area contributed by atoms with Gasteiger partial charge in [0.05, 0.1) is 5.69 Å². The molecule has 1 aliphatic carbocycles. The fourth-order valence-corrected chi connectivity index (χ4v) is 2.27. The minimum Gasteiger partial charge on any atom is -0.355 e. The van der Waals surface area contributed by atoms with Crippen LogP contribution < -0.4 is 5.32 Å². The maximum Gasteiger partial charge on any atom is 0.223 e. The van der Waals surface area contributed by atoms with Crippen molar-refractivity contribution >= 4 is 11.6 Å². The molecule has 1 saturated carbocycles. The first-order chi connectivity index (χ1) is 9.22. The van der Waals surface area contributed by atoms with Crippen molar-refractivity contribution in [2.45, 2.75) is 25.7 Å². The number of fused-ring (bicyclic) bond motifs is 1. The van der Waals surface area contributed by atoms with E-state index in [4.69, 9.17) is 0 Å². The summed E-state index contributed by atoms with van der Waals surface area (Å²) in [6.07, 6.45) is 7.06. The Kier molecular flexibility index (Phi) is 3.19. The minimum absolute atomic E-state index is 0.154. The van der Waals surface area contributed by atoms with E-state index >= 15 is 0 Å². The number of aromatic nitrogens is 2. The molecule has 4 nitrogen and oxygen atoms in total. The summed E-state index contributed by atoms with van der Waals surface area (Å²) in [5.41, 5.74) is 1.58. The molecule has 2 aromatic rings. The van der Waals surface area contributed by atoms with Crippen molar-refractivity contribution in [1.82, 2.24) is 14.7 Å². The van der Waals surface area contributed by atoms with Crippen molar-refractivity contribution in [3.63, 3.8) is 0 Å². The third-order valence-corrected chi connectivity index (χ3v) is 3.62. The van der Waals surface area contributed by atoms with E-state index in [1.807, 2.05) is 0 Å². The lowest BCUT2D eigenvalue weighted by Crippen LogP contribution is -2.35. The third-order valence-electron chi connectivity index (χ3n) is 3.62. The van der Waals surface area contributed by atoms with Crippen LogP contribution in [-0.4, -0.2) is 21.8 Å². The fourth-order valence-electron chi connectivity index (χ4n) is 2.27. The predicted molar refractivity (Wildman–Crippen MR) is 69.2 cm³/mol. The van der Waals surface area contributed by atoms with Gasteiger partial charge < -0.3 is 9.72 Å². The summed E-state index contributed by atoms with van der Waals surface area (Å²) < 4.78 is 14.7. The van der Waals surface area contributed by atoms with E-state index in [2.05, 4.69) is 10.3 Å². The summed E-state index contributed by atoms with van der Waals surface area (Å²) in [4.78, 5) is 16.0. The van der Waals surface area contributed by atoms with E-state index < -0.39 is 0 Å². The molecule has 0 radical (unpaired) electrons. The molecule has 1 N–H and O–H groups in total. The normalized spacial score (nSPS) is 15.4. The highest BCUT2D eigenvalue weighted by Gasteiger charge is 2.24. The highest BCUT2D eigenvalue weighted by atomic mass is 19.1. The van der Waals surface area contributed by atoms with Crippen molar-refractivity contribution in [2.24, 2.45) is 5.92 Å². The maximum absolute atomic E-state index is 13.0. The summed E-state index contributed by atoms with van der Waals surface area (Å²) in [7, 11) is 0. The molecule has 1 aliphatic rings. The van der Waals surface area contributed by atoms with Crippen LogP contribution in [0.15, 0.2) is 24.5 Å². The van der Waals surface area contributed by atoms with Crippen molar-refractivity contribution in [3.8, 4) is 0 Å². The number of hydrogen-bond donors (Lipinski definition) is 1. The first-order valence-electron chi connectivity index (χ1n) is 6.63. The van der Waals surface area contributed by atoms with Gasteiger partial charge in [-0.2, -0.15) is 0 Å². The van der Waals surface area contributed by atoms with Gasteiger partial charge in [0.25, 0.3) is 0 Å². The molecule has 0 aromatic carbocycles. The van der Waals surface area contributed by atoms with Gasteiger partial charge in [-0.1, -0.05) is 6.42 Å². The molecule has 1 fully saturated rings. The quantitative estimate of drug-likeness (QED) is 0.914. The average Bonchev–Trinajstić information content (AvgIpc) is 2.68. The second-order valence-electron chi connectivity index (χ2n) is 5.01. The van der Waals surface area contributed by atoms with Crippen LogP contribution in [-0.2, 0) is 11.2 Å². The Bertz CT molecular complexity index is 604. The highest BCUT2D eigenvalue weighted by Crippen LogP contribution is 2.26. The van der Waals surface area contributed by atoms with Crippen molar-refractivity contribution in [3.05, 3.63) is 36.0 Å². The van der Waals surface area contributed by atoms with E-state index in [1.54, 1.807) is 16.7 Å². The van der Waals surface area contributed by atoms with Crippen LogP contribution in [0.5, 0.6) is 0 Å².